The largest absolute Gasteiger partial charge is 0.467 e. The van der Waals surface area contributed by atoms with Gasteiger partial charge in [0.25, 0.3) is 5.91 Å². The Morgan fingerprint density at radius 1 is 1.12 bits per heavy atom. The molecule has 0 radical (unpaired) electrons. The minimum absolute atomic E-state index is 0.00880. The summed E-state index contributed by atoms with van der Waals surface area (Å²) < 4.78 is 4.68. The molecule has 166 valence electrons. The normalized spacial score (nSPS) is 11.2. The Labute approximate surface area is 195 Å². The van der Waals surface area contributed by atoms with Crippen LogP contribution >= 0.6 is 15.9 Å². The quantitative estimate of drug-likeness (QED) is 0.293. The Morgan fingerprint density at radius 3 is 2.41 bits per heavy atom. The van der Waals surface area contributed by atoms with Crippen LogP contribution in [-0.2, 0) is 20.9 Å². The average Bonchev–Trinajstić information content (AvgIpc) is 2.84. The highest BCUT2D eigenvalue weighted by Gasteiger charge is 2.22. The number of carbonyl (C=O) groups excluding carboxylic acids is 3. The first-order valence-electron chi connectivity index (χ1n) is 9.66. The van der Waals surface area contributed by atoms with Crippen LogP contribution in [0.1, 0.15) is 27.0 Å². The van der Waals surface area contributed by atoms with Gasteiger partial charge in [0.1, 0.15) is 6.04 Å². The monoisotopic (exact) mass is 498 g/mol. The molecule has 0 aliphatic carbocycles. The number of ether oxygens (including phenoxy) is 1. The molecule has 2 amide bonds. The molecule has 0 fully saturated rings. The van der Waals surface area contributed by atoms with Gasteiger partial charge in [0, 0.05) is 17.7 Å². The van der Waals surface area contributed by atoms with E-state index in [1.807, 2.05) is 30.3 Å². The van der Waals surface area contributed by atoms with E-state index in [1.165, 1.54) is 7.11 Å². The van der Waals surface area contributed by atoms with Gasteiger partial charge in [-0.25, -0.2) is 4.79 Å². The van der Waals surface area contributed by atoms with Gasteiger partial charge in [0.2, 0.25) is 5.91 Å². The number of hydrogen-bond donors (Lipinski definition) is 3. The van der Waals surface area contributed by atoms with Crippen molar-refractivity contribution in [1.82, 2.24) is 10.6 Å². The molecule has 0 aliphatic heterocycles. The van der Waals surface area contributed by atoms with E-state index >= 15 is 0 Å². The Bertz CT molecular complexity index is 1020. The summed E-state index contributed by atoms with van der Waals surface area (Å²) in [5.41, 5.74) is 2.88. The van der Waals surface area contributed by atoms with Gasteiger partial charge in [0.05, 0.1) is 19.0 Å². The summed E-state index contributed by atoms with van der Waals surface area (Å²) in [5, 5.41) is 14.2. The van der Waals surface area contributed by atoms with E-state index in [9.17, 15) is 14.4 Å². The predicted octanol–water partition coefficient (Wildman–Crippen LogP) is 2.03. The zero-order valence-electron chi connectivity index (χ0n) is 17.4. The number of carbonyl (C=O) groups is 3. The van der Waals surface area contributed by atoms with Crippen LogP contribution < -0.4 is 10.6 Å². The zero-order valence-corrected chi connectivity index (χ0v) is 19.0. The lowest BCUT2D eigenvalue weighted by molar-refractivity contribution is -0.142. The van der Waals surface area contributed by atoms with Crippen LogP contribution in [-0.4, -0.2) is 47.9 Å². The number of amides is 2. The second kappa shape index (κ2) is 13.1. The van der Waals surface area contributed by atoms with E-state index in [0.717, 1.165) is 16.7 Å². The maximum Gasteiger partial charge on any atom is 0.330 e. The maximum atomic E-state index is 12.5. The summed E-state index contributed by atoms with van der Waals surface area (Å²) in [5.74, 6) is 4.46. The van der Waals surface area contributed by atoms with E-state index in [4.69, 9.17) is 5.11 Å². The molecule has 8 heteroatoms. The molecular weight excluding hydrogens is 476 g/mol. The van der Waals surface area contributed by atoms with Crippen LogP contribution in [0, 0.1) is 11.8 Å². The minimum atomic E-state index is -1.01. The molecule has 2 aromatic rings. The lowest BCUT2D eigenvalue weighted by Gasteiger charge is -2.17. The molecule has 1 unspecified atom stereocenters. The van der Waals surface area contributed by atoms with Crippen molar-refractivity contribution in [3.8, 4) is 11.8 Å². The number of alkyl halides is 1. The highest BCUT2D eigenvalue weighted by molar-refractivity contribution is 9.09. The third-order valence-electron chi connectivity index (χ3n) is 4.30. The first-order valence-corrected chi connectivity index (χ1v) is 10.8. The Hall–Kier alpha value is -3.41. The van der Waals surface area contributed by atoms with Gasteiger partial charge in [-0.2, -0.15) is 0 Å². The number of methoxy groups -OCH3 is 1. The SMILES string of the molecule is COC(=O)C(CNC(=O)CBr)NC(=O)c1ccc(C#CC=Cc2ccc(CO)cc2)cc1. The van der Waals surface area contributed by atoms with E-state index in [1.54, 1.807) is 30.3 Å². The van der Waals surface area contributed by atoms with Crippen LogP contribution in [0.4, 0.5) is 0 Å². The third kappa shape index (κ3) is 8.02. The number of halogens is 1. The lowest BCUT2D eigenvalue weighted by atomic mass is 10.1. The number of rotatable bonds is 8. The summed E-state index contributed by atoms with van der Waals surface area (Å²) in [7, 11) is 1.21. The standard InChI is InChI=1S/C24H23BrN2O5/c1-32-24(31)21(15-26-22(29)14-25)27-23(30)20-12-10-18(11-13-20)5-3-2-4-17-6-8-19(16-28)9-7-17/h2,4,6-13,21,28H,14-16H2,1H3,(H,26,29)(H,27,30). The number of hydrogen-bond acceptors (Lipinski definition) is 5. The highest BCUT2D eigenvalue weighted by Crippen LogP contribution is 2.07. The number of aliphatic hydroxyl groups is 1. The molecule has 0 saturated carbocycles. The Kier molecular flexibility index (Phi) is 10.2. The summed E-state index contributed by atoms with van der Waals surface area (Å²) in [6.07, 6.45) is 3.58. The number of allylic oxidation sites excluding steroid dienone is 1. The second-order valence-corrected chi connectivity index (χ2v) is 7.13. The van der Waals surface area contributed by atoms with Gasteiger partial charge >= 0.3 is 5.97 Å². The van der Waals surface area contributed by atoms with Gasteiger partial charge in [-0.1, -0.05) is 52.0 Å². The van der Waals surface area contributed by atoms with Crippen LogP contribution in [0.25, 0.3) is 6.08 Å². The Morgan fingerprint density at radius 2 is 1.81 bits per heavy atom. The smallest absolute Gasteiger partial charge is 0.330 e. The molecule has 3 N–H and O–H groups in total. The van der Waals surface area contributed by atoms with E-state index in [2.05, 4.69) is 43.1 Å². The second-order valence-electron chi connectivity index (χ2n) is 6.57. The first kappa shape index (κ1) is 24.9. The van der Waals surface area contributed by atoms with Crippen molar-refractivity contribution < 1.29 is 24.2 Å². The molecule has 7 nitrogen and oxygen atoms in total. The van der Waals surface area contributed by atoms with Gasteiger partial charge in [-0.15, -0.1) is 0 Å². The van der Waals surface area contributed by atoms with E-state index in [0.29, 0.717) is 5.56 Å². The average molecular weight is 499 g/mol. The molecule has 1 atom stereocenters. The molecule has 0 bridgehead atoms. The summed E-state index contributed by atoms with van der Waals surface area (Å²) in [4.78, 5) is 35.7. The number of esters is 1. The maximum absolute atomic E-state index is 12.5. The third-order valence-corrected chi connectivity index (χ3v) is 4.81. The molecule has 2 aromatic carbocycles. The van der Waals surface area contributed by atoms with Crippen molar-refractivity contribution in [1.29, 1.82) is 0 Å². The van der Waals surface area contributed by atoms with Crippen LogP contribution in [0.3, 0.4) is 0 Å². The molecule has 0 aromatic heterocycles. The molecule has 0 spiro atoms. The van der Waals surface area contributed by atoms with Crippen molar-refractivity contribution in [3.63, 3.8) is 0 Å². The number of nitrogens with one attached hydrogen (secondary N) is 2. The summed E-state index contributed by atoms with van der Waals surface area (Å²) in [6, 6.07) is 13.1. The van der Waals surface area contributed by atoms with Crippen LogP contribution in [0.15, 0.2) is 54.6 Å². The first-order chi connectivity index (χ1) is 15.5. The molecule has 0 saturated heterocycles. The lowest BCUT2D eigenvalue weighted by Crippen LogP contribution is -2.49. The number of aliphatic hydroxyl groups excluding tert-OH is 1. The fraction of sp³-hybridized carbons (Fsp3) is 0.208. The van der Waals surface area contributed by atoms with Gasteiger partial charge in [0.15, 0.2) is 0 Å². The van der Waals surface area contributed by atoms with Crippen molar-refractivity contribution in [2.45, 2.75) is 12.6 Å². The highest BCUT2D eigenvalue weighted by atomic mass is 79.9. The van der Waals surface area contributed by atoms with Crippen molar-refractivity contribution in [3.05, 3.63) is 76.9 Å². The number of benzene rings is 2. The van der Waals surface area contributed by atoms with Gasteiger partial charge < -0.3 is 20.5 Å². The summed E-state index contributed by atoms with van der Waals surface area (Å²) >= 11 is 3.01. The zero-order chi connectivity index (χ0) is 23.3. The molecule has 2 rings (SSSR count). The van der Waals surface area contributed by atoms with Crippen molar-refractivity contribution in [2.24, 2.45) is 0 Å². The van der Waals surface area contributed by atoms with Gasteiger partial charge in [-0.3, -0.25) is 9.59 Å². The fourth-order valence-corrected chi connectivity index (χ4v) is 2.74. The summed E-state index contributed by atoms with van der Waals surface area (Å²) in [6.45, 7) is -0.0731. The molecule has 32 heavy (non-hydrogen) atoms. The van der Waals surface area contributed by atoms with Crippen LogP contribution in [0.2, 0.25) is 0 Å². The van der Waals surface area contributed by atoms with Crippen LogP contribution in [0.5, 0.6) is 0 Å². The van der Waals surface area contributed by atoms with Crippen molar-refractivity contribution >= 4 is 39.8 Å². The Balaban J connectivity index is 1.97. The molecule has 0 heterocycles. The van der Waals surface area contributed by atoms with Crippen molar-refractivity contribution in [2.75, 3.05) is 19.0 Å². The predicted molar refractivity (Wildman–Crippen MR) is 125 cm³/mol. The molecule has 0 aliphatic rings. The molecular formula is C24H23BrN2O5. The van der Waals surface area contributed by atoms with E-state index in [-0.39, 0.29) is 24.4 Å². The fourth-order valence-electron chi connectivity index (χ4n) is 2.54. The van der Waals surface area contributed by atoms with Gasteiger partial charge in [-0.05, 0) is 47.5 Å². The topological polar surface area (TPSA) is 105 Å². The minimum Gasteiger partial charge on any atom is -0.467 e. The van der Waals surface area contributed by atoms with E-state index < -0.39 is 17.9 Å².